The minimum absolute atomic E-state index is 0.631. The highest BCUT2D eigenvalue weighted by Gasteiger charge is 2.28. The average Bonchev–Trinajstić information content (AvgIpc) is 2.70. The highest BCUT2D eigenvalue weighted by atomic mass is 32.2. The number of rotatable bonds is 2. The number of aromatic nitrogens is 1. The van der Waals surface area contributed by atoms with Gasteiger partial charge in [-0.1, -0.05) is 20.8 Å². The third kappa shape index (κ3) is 2.71. The van der Waals surface area contributed by atoms with Gasteiger partial charge in [0, 0.05) is 27.3 Å². The maximum Gasteiger partial charge on any atom is 0.107 e. The SMILES string of the molecule is CCc1cnc(C2CSC(C)C(C)S2)s1. The molecule has 84 valence electrons. The van der Waals surface area contributed by atoms with E-state index in [-0.39, 0.29) is 0 Å². The summed E-state index contributed by atoms with van der Waals surface area (Å²) in [6, 6.07) is 0. The number of hydrogen-bond acceptors (Lipinski definition) is 4. The molecule has 4 heteroatoms. The quantitative estimate of drug-likeness (QED) is 0.796. The van der Waals surface area contributed by atoms with E-state index in [0.29, 0.717) is 5.25 Å². The largest absolute Gasteiger partial charge is 0.248 e. The summed E-state index contributed by atoms with van der Waals surface area (Å²) in [5, 5.41) is 3.51. The van der Waals surface area contributed by atoms with Crippen molar-refractivity contribution in [2.75, 3.05) is 5.75 Å². The number of thiazole rings is 1. The zero-order chi connectivity index (χ0) is 10.8. The van der Waals surface area contributed by atoms with Crippen molar-refractivity contribution in [3.63, 3.8) is 0 Å². The van der Waals surface area contributed by atoms with Crippen molar-refractivity contribution in [1.82, 2.24) is 4.98 Å². The number of nitrogens with zero attached hydrogens (tertiary/aromatic N) is 1. The van der Waals surface area contributed by atoms with Crippen molar-refractivity contribution in [3.05, 3.63) is 16.1 Å². The Labute approximate surface area is 104 Å². The molecule has 1 aromatic rings. The molecule has 0 bridgehead atoms. The topological polar surface area (TPSA) is 12.9 Å². The van der Waals surface area contributed by atoms with Crippen LogP contribution in [0.5, 0.6) is 0 Å². The fraction of sp³-hybridized carbons (Fsp3) is 0.727. The lowest BCUT2D eigenvalue weighted by Gasteiger charge is -2.30. The van der Waals surface area contributed by atoms with Gasteiger partial charge >= 0.3 is 0 Å². The van der Waals surface area contributed by atoms with Gasteiger partial charge in [-0.05, 0) is 6.42 Å². The van der Waals surface area contributed by atoms with Crippen molar-refractivity contribution >= 4 is 34.9 Å². The smallest absolute Gasteiger partial charge is 0.107 e. The number of thioether (sulfide) groups is 2. The molecule has 1 saturated heterocycles. The van der Waals surface area contributed by atoms with Crippen LogP contribution in [0.1, 0.15) is 35.9 Å². The monoisotopic (exact) mass is 259 g/mol. The van der Waals surface area contributed by atoms with Crippen LogP contribution in [-0.4, -0.2) is 21.2 Å². The summed E-state index contributed by atoms with van der Waals surface area (Å²) in [6.07, 6.45) is 3.17. The van der Waals surface area contributed by atoms with Crippen molar-refractivity contribution in [1.29, 1.82) is 0 Å². The zero-order valence-electron chi connectivity index (χ0n) is 9.40. The lowest BCUT2D eigenvalue weighted by Crippen LogP contribution is -2.21. The standard InChI is InChI=1S/C11H17NS3/c1-4-9-5-12-11(15-9)10-6-13-7(2)8(3)14-10/h5,7-8,10H,4,6H2,1-3H3. The van der Waals surface area contributed by atoms with Crippen LogP contribution >= 0.6 is 34.9 Å². The van der Waals surface area contributed by atoms with E-state index >= 15 is 0 Å². The second kappa shape index (κ2) is 5.11. The highest BCUT2D eigenvalue weighted by molar-refractivity contribution is 8.07. The van der Waals surface area contributed by atoms with E-state index in [1.54, 1.807) is 0 Å². The van der Waals surface area contributed by atoms with Crippen LogP contribution in [-0.2, 0) is 6.42 Å². The summed E-state index contributed by atoms with van der Waals surface area (Å²) in [7, 11) is 0. The van der Waals surface area contributed by atoms with E-state index < -0.39 is 0 Å². The molecule has 2 rings (SSSR count). The predicted molar refractivity (Wildman–Crippen MR) is 73.2 cm³/mol. The van der Waals surface area contributed by atoms with Crippen LogP contribution < -0.4 is 0 Å². The maximum absolute atomic E-state index is 4.55. The third-order valence-electron chi connectivity index (χ3n) is 2.75. The molecule has 0 saturated carbocycles. The molecule has 0 aliphatic carbocycles. The predicted octanol–water partition coefficient (Wildman–Crippen LogP) is 4.00. The minimum Gasteiger partial charge on any atom is -0.248 e. The van der Waals surface area contributed by atoms with Gasteiger partial charge in [0.15, 0.2) is 0 Å². The van der Waals surface area contributed by atoms with E-state index in [2.05, 4.69) is 49.3 Å². The van der Waals surface area contributed by atoms with Crippen molar-refractivity contribution < 1.29 is 0 Å². The molecule has 2 heterocycles. The third-order valence-corrected chi connectivity index (χ3v) is 7.55. The lowest BCUT2D eigenvalue weighted by molar-refractivity contribution is 0.890. The van der Waals surface area contributed by atoms with Crippen LogP contribution in [0.3, 0.4) is 0 Å². The van der Waals surface area contributed by atoms with Crippen LogP contribution in [0.25, 0.3) is 0 Å². The molecule has 15 heavy (non-hydrogen) atoms. The van der Waals surface area contributed by atoms with E-state index in [4.69, 9.17) is 0 Å². The Bertz CT molecular complexity index is 323. The van der Waals surface area contributed by atoms with Crippen LogP contribution in [0.15, 0.2) is 6.20 Å². The summed E-state index contributed by atoms with van der Waals surface area (Å²) >= 11 is 6.09. The first-order valence-corrected chi connectivity index (χ1v) is 8.23. The average molecular weight is 259 g/mol. The van der Waals surface area contributed by atoms with E-state index in [9.17, 15) is 0 Å². The van der Waals surface area contributed by atoms with Crippen molar-refractivity contribution in [3.8, 4) is 0 Å². The molecule has 0 amide bonds. The van der Waals surface area contributed by atoms with Gasteiger partial charge < -0.3 is 0 Å². The van der Waals surface area contributed by atoms with Gasteiger partial charge in [-0.3, -0.25) is 0 Å². The molecule has 0 aromatic carbocycles. The second-order valence-corrected chi connectivity index (χ2v) is 8.03. The van der Waals surface area contributed by atoms with Gasteiger partial charge in [-0.2, -0.15) is 11.8 Å². The van der Waals surface area contributed by atoms with Gasteiger partial charge in [-0.25, -0.2) is 4.98 Å². The minimum atomic E-state index is 0.631. The van der Waals surface area contributed by atoms with Gasteiger partial charge in [0.05, 0.1) is 5.25 Å². The molecule has 3 unspecified atom stereocenters. The Hall–Kier alpha value is 0.330. The zero-order valence-corrected chi connectivity index (χ0v) is 11.8. The van der Waals surface area contributed by atoms with Crippen LogP contribution in [0, 0.1) is 0 Å². The molecule has 0 radical (unpaired) electrons. The molecule has 1 nitrogen and oxygen atoms in total. The van der Waals surface area contributed by atoms with Crippen molar-refractivity contribution in [2.45, 2.75) is 42.9 Å². The summed E-state index contributed by atoms with van der Waals surface area (Å²) in [6.45, 7) is 6.87. The molecular formula is C11H17NS3. The molecular weight excluding hydrogens is 242 g/mol. The van der Waals surface area contributed by atoms with Gasteiger partial charge in [0.25, 0.3) is 0 Å². The molecule has 0 spiro atoms. The fourth-order valence-electron chi connectivity index (χ4n) is 1.55. The normalized spacial score (nSPS) is 31.8. The molecule has 1 aliphatic rings. The summed E-state index contributed by atoms with van der Waals surface area (Å²) < 4.78 is 0. The first-order chi connectivity index (χ1) is 7.20. The van der Waals surface area contributed by atoms with Crippen molar-refractivity contribution in [2.24, 2.45) is 0 Å². The molecule has 3 atom stereocenters. The maximum atomic E-state index is 4.55. The van der Waals surface area contributed by atoms with Crippen LogP contribution in [0.2, 0.25) is 0 Å². The number of hydrogen-bond donors (Lipinski definition) is 0. The molecule has 1 fully saturated rings. The molecule has 0 N–H and O–H groups in total. The van der Waals surface area contributed by atoms with E-state index in [1.807, 2.05) is 17.5 Å². The summed E-state index contributed by atoms with van der Waals surface area (Å²) in [4.78, 5) is 5.97. The van der Waals surface area contributed by atoms with Crippen LogP contribution in [0.4, 0.5) is 0 Å². The first-order valence-electron chi connectivity index (χ1n) is 5.42. The Kier molecular flexibility index (Phi) is 4.02. The second-order valence-electron chi connectivity index (χ2n) is 3.89. The molecule has 1 aromatic heterocycles. The summed E-state index contributed by atoms with van der Waals surface area (Å²) in [5.74, 6) is 1.23. The van der Waals surface area contributed by atoms with E-state index in [0.717, 1.165) is 16.9 Å². The highest BCUT2D eigenvalue weighted by Crippen LogP contribution is 2.45. The molecule has 1 aliphatic heterocycles. The first kappa shape index (κ1) is 11.8. The Balaban J connectivity index is 2.05. The van der Waals surface area contributed by atoms with Gasteiger partial charge in [0.2, 0.25) is 0 Å². The Morgan fingerprint density at radius 1 is 1.40 bits per heavy atom. The Morgan fingerprint density at radius 3 is 2.80 bits per heavy atom. The fourth-order valence-corrected chi connectivity index (χ4v) is 5.61. The Morgan fingerprint density at radius 2 is 2.20 bits per heavy atom. The van der Waals surface area contributed by atoms with E-state index in [1.165, 1.54) is 15.6 Å². The van der Waals surface area contributed by atoms with Gasteiger partial charge in [-0.15, -0.1) is 23.1 Å². The van der Waals surface area contributed by atoms with Gasteiger partial charge in [0.1, 0.15) is 5.01 Å². The lowest BCUT2D eigenvalue weighted by atomic mass is 10.4. The summed E-state index contributed by atoms with van der Waals surface area (Å²) in [5.41, 5.74) is 0. The number of aryl methyl sites for hydroxylation is 1.